The van der Waals surface area contributed by atoms with E-state index in [1.807, 2.05) is 0 Å². The molecule has 3 nitrogen and oxygen atoms in total. The summed E-state index contributed by atoms with van der Waals surface area (Å²) in [4.78, 5) is 21.9. The van der Waals surface area contributed by atoms with Crippen molar-refractivity contribution in [1.29, 1.82) is 0 Å². The number of nitrogens with one attached hydrogen (secondary N) is 1. The molecule has 0 aromatic rings. The predicted octanol–water partition coefficient (Wildman–Crippen LogP) is 0.583. The Hall–Kier alpha value is -0.940. The molecule has 11 heavy (non-hydrogen) atoms. The molecule has 2 aliphatic rings. The molecule has 2 rings (SSSR count). The van der Waals surface area contributed by atoms with Crippen LogP contribution in [0.1, 0.15) is 0 Å². The van der Waals surface area contributed by atoms with Crippen molar-refractivity contribution in [1.82, 2.24) is 4.37 Å². The number of aromatic amines is 1. The molecule has 0 aromatic carbocycles. The number of H-pyrrole nitrogens is 1. The fourth-order valence-electron chi connectivity index (χ4n) is 0.819. The molecule has 0 bridgehead atoms. The van der Waals surface area contributed by atoms with Gasteiger partial charge in [0.25, 0.3) is 5.43 Å². The molecular formula is C6H3NO2S2. The van der Waals surface area contributed by atoms with Crippen LogP contribution in [-0.4, -0.2) is 4.37 Å². The zero-order chi connectivity index (χ0) is 7.84. The first-order valence-electron chi connectivity index (χ1n) is 2.89. The van der Waals surface area contributed by atoms with Crippen molar-refractivity contribution in [3.05, 3.63) is 42.5 Å². The molecule has 1 heterocycles. The molecule has 0 saturated heterocycles. The van der Waals surface area contributed by atoms with Crippen molar-refractivity contribution >= 4 is 20.9 Å². The second-order valence-electron chi connectivity index (χ2n) is 2.03. The topological polar surface area (TPSA) is 49.9 Å². The monoisotopic (exact) mass is 185 g/mol. The van der Waals surface area contributed by atoms with Crippen LogP contribution in [0.3, 0.4) is 0 Å². The van der Waals surface area contributed by atoms with Crippen molar-refractivity contribution in [2.45, 2.75) is 0 Å². The SMILES string of the molecule is O=c1ccc2ss[nH]c=2c1=O. The van der Waals surface area contributed by atoms with Crippen molar-refractivity contribution < 1.29 is 0 Å². The van der Waals surface area contributed by atoms with Gasteiger partial charge < -0.3 is 0 Å². The highest BCUT2D eigenvalue weighted by molar-refractivity contribution is 7.66. The Kier molecular flexibility index (Phi) is 1.40. The lowest BCUT2D eigenvalue weighted by Gasteiger charge is -1.76. The van der Waals surface area contributed by atoms with Crippen LogP contribution in [0.5, 0.6) is 0 Å². The highest BCUT2D eigenvalue weighted by atomic mass is 32.9. The van der Waals surface area contributed by atoms with E-state index in [4.69, 9.17) is 0 Å². The van der Waals surface area contributed by atoms with Gasteiger partial charge in [0, 0.05) is 0 Å². The van der Waals surface area contributed by atoms with Crippen LogP contribution in [0.2, 0.25) is 0 Å². The van der Waals surface area contributed by atoms with Crippen LogP contribution >= 0.6 is 20.9 Å². The lowest BCUT2D eigenvalue weighted by atomic mass is 10.3. The fraction of sp³-hybridized carbons (Fsp3) is 0. The molecule has 56 valence electrons. The Morgan fingerprint density at radius 1 is 1.27 bits per heavy atom. The summed E-state index contributed by atoms with van der Waals surface area (Å²) in [5.74, 6) is 0. The van der Waals surface area contributed by atoms with Crippen molar-refractivity contribution in [2.75, 3.05) is 0 Å². The van der Waals surface area contributed by atoms with Crippen molar-refractivity contribution in [3.63, 3.8) is 0 Å². The van der Waals surface area contributed by atoms with E-state index in [0.29, 0.717) is 5.35 Å². The van der Waals surface area contributed by atoms with E-state index in [-0.39, 0.29) is 0 Å². The molecule has 0 unspecified atom stereocenters. The third-order valence-corrected chi connectivity index (χ3v) is 3.29. The Morgan fingerprint density at radius 3 is 2.91 bits per heavy atom. The maximum absolute atomic E-state index is 11.1. The van der Waals surface area contributed by atoms with Crippen LogP contribution < -0.4 is 10.9 Å². The van der Waals surface area contributed by atoms with Crippen LogP contribution in [-0.2, 0) is 0 Å². The number of rotatable bonds is 0. The summed E-state index contributed by atoms with van der Waals surface area (Å²) in [7, 11) is 2.81. The van der Waals surface area contributed by atoms with Gasteiger partial charge in [-0.2, -0.15) is 0 Å². The molecular weight excluding hydrogens is 182 g/mol. The molecule has 0 radical (unpaired) electrons. The summed E-state index contributed by atoms with van der Waals surface area (Å²) in [6, 6.07) is 2.97. The molecule has 5 heteroatoms. The summed E-state index contributed by atoms with van der Waals surface area (Å²) in [6.45, 7) is 0. The van der Waals surface area contributed by atoms with Gasteiger partial charge in [-0.05, 0) is 22.7 Å². The Morgan fingerprint density at radius 2 is 2.09 bits per heavy atom. The van der Waals surface area contributed by atoms with E-state index in [9.17, 15) is 9.59 Å². The van der Waals surface area contributed by atoms with Crippen LogP contribution in [0.25, 0.3) is 0 Å². The first-order chi connectivity index (χ1) is 5.29. The molecule has 1 aliphatic carbocycles. The van der Waals surface area contributed by atoms with E-state index >= 15 is 0 Å². The Balaban J connectivity index is 3.30. The van der Waals surface area contributed by atoms with E-state index in [1.54, 1.807) is 6.07 Å². The molecule has 0 aromatic heterocycles. The average Bonchev–Trinajstić information content (AvgIpc) is 2.45. The number of hydrogen-bond donors (Lipinski definition) is 1. The van der Waals surface area contributed by atoms with Gasteiger partial charge in [-0.3, -0.25) is 14.0 Å². The molecule has 1 N–H and O–H groups in total. The zero-order valence-electron chi connectivity index (χ0n) is 5.29. The molecule has 1 aliphatic heterocycles. The van der Waals surface area contributed by atoms with E-state index in [1.165, 1.54) is 26.9 Å². The standard InChI is InChI=1S/C6H3NO2S2/c8-3-1-2-4-5(6(3)9)7-11-10-4/h1-2,7H. The van der Waals surface area contributed by atoms with Gasteiger partial charge >= 0.3 is 0 Å². The van der Waals surface area contributed by atoms with Gasteiger partial charge in [0.15, 0.2) is 0 Å². The normalized spacial score (nSPS) is 10.5. The van der Waals surface area contributed by atoms with Crippen LogP contribution in [0.4, 0.5) is 0 Å². The molecule has 0 amide bonds. The first kappa shape index (κ1) is 6.75. The van der Waals surface area contributed by atoms with E-state index < -0.39 is 10.9 Å². The first-order valence-corrected chi connectivity index (χ1v) is 5.04. The zero-order valence-corrected chi connectivity index (χ0v) is 6.92. The summed E-state index contributed by atoms with van der Waals surface area (Å²) >= 11 is 0. The highest BCUT2D eigenvalue weighted by Crippen LogP contribution is 2.04. The number of hydrogen-bond acceptors (Lipinski definition) is 4. The maximum atomic E-state index is 11.1. The van der Waals surface area contributed by atoms with Gasteiger partial charge in [0.1, 0.15) is 5.35 Å². The Bertz CT molecular complexity index is 535. The lowest BCUT2D eigenvalue weighted by Crippen LogP contribution is -2.23. The minimum absolute atomic E-state index is 0.431. The van der Waals surface area contributed by atoms with Gasteiger partial charge in [0.2, 0.25) is 5.43 Å². The minimum atomic E-state index is -0.445. The highest BCUT2D eigenvalue weighted by Gasteiger charge is 1.98. The van der Waals surface area contributed by atoms with Crippen LogP contribution in [0, 0.1) is 9.88 Å². The summed E-state index contributed by atoms with van der Waals surface area (Å²) < 4.78 is 3.62. The Labute approximate surface area is 68.1 Å². The molecule has 0 fully saturated rings. The van der Waals surface area contributed by atoms with Gasteiger partial charge in [0.05, 0.1) is 4.53 Å². The summed E-state index contributed by atoms with van der Waals surface area (Å²) in [6.07, 6.45) is 0. The second-order valence-corrected chi connectivity index (χ2v) is 4.01. The van der Waals surface area contributed by atoms with E-state index in [2.05, 4.69) is 4.37 Å². The minimum Gasteiger partial charge on any atom is -0.297 e. The number of aromatic nitrogens is 1. The fourth-order valence-corrected chi connectivity index (χ4v) is 2.71. The summed E-state index contributed by atoms with van der Waals surface area (Å²) in [5.41, 5.74) is -0.876. The third kappa shape index (κ3) is 0.928. The van der Waals surface area contributed by atoms with Gasteiger partial charge in [-0.25, -0.2) is 0 Å². The second kappa shape index (κ2) is 2.28. The maximum Gasteiger partial charge on any atom is 0.251 e. The van der Waals surface area contributed by atoms with Crippen molar-refractivity contribution in [3.8, 4) is 0 Å². The largest absolute Gasteiger partial charge is 0.297 e. The molecule has 0 saturated carbocycles. The van der Waals surface area contributed by atoms with Crippen molar-refractivity contribution in [2.24, 2.45) is 0 Å². The average molecular weight is 185 g/mol. The molecule has 0 spiro atoms. The summed E-state index contributed by atoms with van der Waals surface area (Å²) in [5, 5.41) is 0.438. The lowest BCUT2D eigenvalue weighted by molar-refractivity contribution is 1.30. The quantitative estimate of drug-likeness (QED) is 0.482. The third-order valence-electron chi connectivity index (χ3n) is 1.36. The predicted molar refractivity (Wildman–Crippen MR) is 44.4 cm³/mol. The molecule has 0 atom stereocenters. The van der Waals surface area contributed by atoms with E-state index in [0.717, 1.165) is 4.53 Å². The van der Waals surface area contributed by atoms with Gasteiger partial charge in [-0.1, -0.05) is 10.3 Å². The van der Waals surface area contributed by atoms with Crippen LogP contribution in [0.15, 0.2) is 21.7 Å². The smallest absolute Gasteiger partial charge is 0.251 e. The van der Waals surface area contributed by atoms with Gasteiger partial charge in [-0.15, -0.1) is 0 Å².